The summed E-state index contributed by atoms with van der Waals surface area (Å²) in [6.45, 7) is 0. The van der Waals surface area contributed by atoms with Crippen LogP contribution in [0, 0.1) is 0 Å². The largest absolute Gasteiger partial charge is 0.325 e. The SMILES string of the molecule is CS(=O)(=O)NC(=O)CC1(N)CCCC1. The van der Waals surface area contributed by atoms with E-state index in [9.17, 15) is 13.2 Å². The van der Waals surface area contributed by atoms with Crippen molar-refractivity contribution in [2.45, 2.75) is 37.6 Å². The van der Waals surface area contributed by atoms with Crippen molar-refractivity contribution in [3.63, 3.8) is 0 Å². The summed E-state index contributed by atoms with van der Waals surface area (Å²) in [6.07, 6.45) is 4.68. The minimum atomic E-state index is -3.45. The normalized spacial score (nSPS) is 20.7. The Labute approximate surface area is 84.1 Å². The van der Waals surface area contributed by atoms with Gasteiger partial charge in [-0.3, -0.25) is 9.52 Å². The Balaban J connectivity index is 2.48. The van der Waals surface area contributed by atoms with E-state index in [2.05, 4.69) is 0 Å². The highest BCUT2D eigenvalue weighted by Crippen LogP contribution is 2.29. The van der Waals surface area contributed by atoms with Gasteiger partial charge < -0.3 is 5.73 Å². The molecule has 0 saturated heterocycles. The summed E-state index contributed by atoms with van der Waals surface area (Å²) in [5.41, 5.74) is 5.43. The average Bonchev–Trinajstić information content (AvgIpc) is 2.30. The summed E-state index contributed by atoms with van der Waals surface area (Å²) in [7, 11) is -3.45. The molecule has 1 aliphatic carbocycles. The van der Waals surface area contributed by atoms with Gasteiger partial charge in [-0.05, 0) is 12.8 Å². The van der Waals surface area contributed by atoms with Gasteiger partial charge in [0.05, 0.1) is 6.26 Å². The van der Waals surface area contributed by atoms with Crippen LogP contribution >= 0.6 is 0 Å². The van der Waals surface area contributed by atoms with Crippen molar-refractivity contribution in [3.8, 4) is 0 Å². The third-order valence-corrected chi connectivity index (χ3v) is 3.01. The van der Waals surface area contributed by atoms with Crippen LogP contribution in [-0.2, 0) is 14.8 Å². The molecule has 1 saturated carbocycles. The average molecular weight is 220 g/mol. The van der Waals surface area contributed by atoms with E-state index in [1.165, 1.54) is 0 Å². The van der Waals surface area contributed by atoms with Crippen LogP contribution in [0.5, 0.6) is 0 Å². The summed E-state index contributed by atoms with van der Waals surface area (Å²) in [5.74, 6) is -0.503. The third kappa shape index (κ3) is 3.63. The first-order valence-corrected chi connectivity index (χ1v) is 6.49. The second-order valence-corrected chi connectivity index (χ2v) is 5.79. The van der Waals surface area contributed by atoms with Gasteiger partial charge >= 0.3 is 0 Å². The highest BCUT2D eigenvalue weighted by atomic mass is 32.2. The maximum Gasteiger partial charge on any atom is 0.235 e. The van der Waals surface area contributed by atoms with Crippen LogP contribution in [0.3, 0.4) is 0 Å². The summed E-state index contributed by atoms with van der Waals surface area (Å²) in [5, 5.41) is 0. The minimum absolute atomic E-state index is 0.0973. The fourth-order valence-electron chi connectivity index (χ4n) is 1.82. The molecule has 6 heteroatoms. The fraction of sp³-hybridized carbons (Fsp3) is 0.875. The first-order valence-electron chi connectivity index (χ1n) is 4.60. The molecular weight excluding hydrogens is 204 g/mol. The van der Waals surface area contributed by atoms with Gasteiger partial charge in [0.25, 0.3) is 0 Å². The fourth-order valence-corrected chi connectivity index (χ4v) is 2.30. The highest BCUT2D eigenvalue weighted by molar-refractivity contribution is 7.89. The second kappa shape index (κ2) is 3.86. The number of nitrogens with one attached hydrogen (secondary N) is 1. The van der Waals surface area contributed by atoms with Gasteiger partial charge in [-0.2, -0.15) is 0 Å². The number of carbonyl (C=O) groups is 1. The summed E-state index contributed by atoms with van der Waals surface area (Å²) >= 11 is 0. The van der Waals surface area contributed by atoms with Crippen LogP contribution in [0.4, 0.5) is 0 Å². The summed E-state index contributed by atoms with van der Waals surface area (Å²) in [6, 6.07) is 0. The molecule has 0 bridgehead atoms. The van der Waals surface area contributed by atoms with Crippen molar-refractivity contribution in [3.05, 3.63) is 0 Å². The van der Waals surface area contributed by atoms with E-state index in [0.29, 0.717) is 0 Å². The zero-order chi connectivity index (χ0) is 10.8. The topological polar surface area (TPSA) is 89.3 Å². The molecule has 1 aliphatic rings. The number of amides is 1. The zero-order valence-electron chi connectivity index (χ0n) is 8.25. The van der Waals surface area contributed by atoms with Crippen molar-refractivity contribution < 1.29 is 13.2 Å². The van der Waals surface area contributed by atoms with Gasteiger partial charge in [-0.1, -0.05) is 12.8 Å². The lowest BCUT2D eigenvalue weighted by Gasteiger charge is -2.22. The Kier molecular flexibility index (Phi) is 3.16. The molecule has 14 heavy (non-hydrogen) atoms. The smallest absolute Gasteiger partial charge is 0.235 e. The van der Waals surface area contributed by atoms with Crippen LogP contribution in [0.1, 0.15) is 32.1 Å². The molecule has 0 aromatic heterocycles. The van der Waals surface area contributed by atoms with Crippen molar-refractivity contribution in [1.82, 2.24) is 4.72 Å². The number of hydrogen-bond donors (Lipinski definition) is 2. The molecule has 0 aromatic carbocycles. The Hall–Kier alpha value is -0.620. The lowest BCUT2D eigenvalue weighted by molar-refractivity contribution is -0.120. The molecule has 1 rings (SSSR count). The Bertz CT molecular complexity index is 317. The van der Waals surface area contributed by atoms with Crippen molar-refractivity contribution >= 4 is 15.9 Å². The Morgan fingerprint density at radius 2 is 1.93 bits per heavy atom. The van der Waals surface area contributed by atoms with E-state index < -0.39 is 21.5 Å². The van der Waals surface area contributed by atoms with Gasteiger partial charge in [-0.25, -0.2) is 8.42 Å². The Morgan fingerprint density at radius 1 is 1.43 bits per heavy atom. The zero-order valence-corrected chi connectivity index (χ0v) is 9.06. The molecule has 0 aromatic rings. The first kappa shape index (κ1) is 11.5. The lowest BCUT2D eigenvalue weighted by Crippen LogP contribution is -2.43. The van der Waals surface area contributed by atoms with Crippen LogP contribution in [-0.4, -0.2) is 26.1 Å². The van der Waals surface area contributed by atoms with Crippen molar-refractivity contribution in [2.24, 2.45) is 5.73 Å². The number of nitrogens with two attached hydrogens (primary N) is 1. The summed E-state index contributed by atoms with van der Waals surface area (Å²) in [4.78, 5) is 11.2. The molecule has 0 atom stereocenters. The van der Waals surface area contributed by atoms with E-state index in [4.69, 9.17) is 5.73 Å². The molecule has 3 N–H and O–H groups in total. The number of carbonyl (C=O) groups excluding carboxylic acids is 1. The van der Waals surface area contributed by atoms with Crippen LogP contribution < -0.4 is 10.5 Å². The predicted molar refractivity (Wildman–Crippen MR) is 53.0 cm³/mol. The number of sulfonamides is 1. The minimum Gasteiger partial charge on any atom is -0.325 e. The van der Waals surface area contributed by atoms with E-state index in [1.54, 1.807) is 0 Å². The molecule has 0 spiro atoms. The van der Waals surface area contributed by atoms with E-state index in [1.807, 2.05) is 4.72 Å². The van der Waals surface area contributed by atoms with Gasteiger partial charge in [0, 0.05) is 12.0 Å². The van der Waals surface area contributed by atoms with Crippen molar-refractivity contribution in [1.29, 1.82) is 0 Å². The van der Waals surface area contributed by atoms with E-state index in [0.717, 1.165) is 31.9 Å². The van der Waals surface area contributed by atoms with Crippen molar-refractivity contribution in [2.75, 3.05) is 6.26 Å². The Morgan fingerprint density at radius 3 is 2.36 bits per heavy atom. The first-order chi connectivity index (χ1) is 6.31. The monoisotopic (exact) mass is 220 g/mol. The number of rotatable bonds is 3. The molecule has 1 fully saturated rings. The lowest BCUT2D eigenvalue weighted by atomic mass is 9.95. The number of hydrogen-bond acceptors (Lipinski definition) is 4. The van der Waals surface area contributed by atoms with E-state index >= 15 is 0 Å². The van der Waals surface area contributed by atoms with Gasteiger partial charge in [-0.15, -0.1) is 0 Å². The molecule has 82 valence electrons. The van der Waals surface area contributed by atoms with E-state index in [-0.39, 0.29) is 6.42 Å². The molecule has 1 amide bonds. The molecule has 5 nitrogen and oxygen atoms in total. The van der Waals surface area contributed by atoms with Gasteiger partial charge in [0.15, 0.2) is 0 Å². The molecule has 0 heterocycles. The molecule has 0 radical (unpaired) electrons. The van der Waals surface area contributed by atoms with Gasteiger partial charge in [0.2, 0.25) is 15.9 Å². The maximum atomic E-state index is 11.2. The van der Waals surface area contributed by atoms with Crippen LogP contribution in [0.15, 0.2) is 0 Å². The highest BCUT2D eigenvalue weighted by Gasteiger charge is 2.32. The summed E-state index contributed by atoms with van der Waals surface area (Å²) < 4.78 is 23.4. The second-order valence-electron chi connectivity index (χ2n) is 4.04. The molecular formula is C8H16N2O3S. The van der Waals surface area contributed by atoms with Gasteiger partial charge in [0.1, 0.15) is 0 Å². The third-order valence-electron chi connectivity index (χ3n) is 2.41. The predicted octanol–water partition coefficient (Wildman–Crippen LogP) is -0.276. The van der Waals surface area contributed by atoms with Crippen LogP contribution in [0.25, 0.3) is 0 Å². The maximum absolute atomic E-state index is 11.2. The van der Waals surface area contributed by atoms with Crippen LogP contribution in [0.2, 0.25) is 0 Å². The quantitative estimate of drug-likeness (QED) is 0.684. The standard InChI is InChI=1S/C8H16N2O3S/c1-14(12,13)10-7(11)6-8(9)4-2-3-5-8/h2-6,9H2,1H3,(H,10,11). The molecule has 0 unspecified atom stereocenters. The molecule has 0 aliphatic heterocycles.